The lowest BCUT2D eigenvalue weighted by atomic mass is 10.1. The van der Waals surface area contributed by atoms with Gasteiger partial charge in [0.05, 0.1) is 22.1 Å². The van der Waals surface area contributed by atoms with Crippen LogP contribution < -0.4 is 5.32 Å². The molecule has 0 radical (unpaired) electrons. The molecule has 0 saturated heterocycles. The summed E-state index contributed by atoms with van der Waals surface area (Å²) < 4.78 is 4.47. The summed E-state index contributed by atoms with van der Waals surface area (Å²) in [4.78, 5) is 9.32. The van der Waals surface area contributed by atoms with Crippen molar-refractivity contribution < 1.29 is 0 Å². The second-order valence-electron chi connectivity index (χ2n) is 9.67. The van der Waals surface area contributed by atoms with Gasteiger partial charge in [-0.3, -0.25) is 9.13 Å². The Kier molecular flexibility index (Phi) is 4.76. The van der Waals surface area contributed by atoms with Gasteiger partial charge in [0.15, 0.2) is 0 Å². The summed E-state index contributed by atoms with van der Waals surface area (Å²) in [5, 5.41) is 8.50. The Morgan fingerprint density at radius 2 is 0.846 bits per heavy atom. The van der Waals surface area contributed by atoms with Crippen molar-refractivity contribution >= 4 is 55.0 Å². The average molecular weight is 502 g/mol. The maximum Gasteiger partial charge on any atom is 0.137 e. The number of para-hydroxylation sites is 2. The van der Waals surface area contributed by atoms with Crippen molar-refractivity contribution in [2.45, 2.75) is 0 Å². The molecule has 0 aliphatic carbocycles. The third-order valence-corrected chi connectivity index (χ3v) is 7.39. The van der Waals surface area contributed by atoms with E-state index in [1.807, 2.05) is 36.7 Å². The molecule has 0 fully saturated rings. The van der Waals surface area contributed by atoms with Gasteiger partial charge in [0.1, 0.15) is 11.6 Å². The lowest BCUT2D eigenvalue weighted by molar-refractivity contribution is 1.08. The van der Waals surface area contributed by atoms with E-state index in [1.54, 1.807) is 0 Å². The first-order valence-electron chi connectivity index (χ1n) is 13.0. The summed E-state index contributed by atoms with van der Waals surface area (Å²) in [7, 11) is 0. The van der Waals surface area contributed by atoms with E-state index in [4.69, 9.17) is 0 Å². The Morgan fingerprint density at radius 3 is 1.31 bits per heavy atom. The van der Waals surface area contributed by atoms with Crippen LogP contribution >= 0.6 is 0 Å². The smallest absolute Gasteiger partial charge is 0.137 e. The van der Waals surface area contributed by atoms with E-state index in [1.165, 1.54) is 21.5 Å². The van der Waals surface area contributed by atoms with Crippen LogP contribution in [-0.4, -0.2) is 19.1 Å². The number of nitrogens with one attached hydrogen (secondary N) is 1. The summed E-state index contributed by atoms with van der Waals surface area (Å²) >= 11 is 0. The normalized spacial score (nSPS) is 11.6. The van der Waals surface area contributed by atoms with Crippen molar-refractivity contribution in [2.75, 3.05) is 5.32 Å². The van der Waals surface area contributed by atoms with Crippen LogP contribution in [0.25, 0.3) is 55.2 Å². The fraction of sp³-hybridized carbons (Fsp3) is 0. The van der Waals surface area contributed by atoms with Crippen molar-refractivity contribution in [3.05, 3.63) is 134 Å². The minimum absolute atomic E-state index is 0.905. The Hall–Kier alpha value is -5.42. The molecule has 0 bridgehead atoms. The number of hydrogen-bond acceptors (Lipinski definition) is 3. The Bertz CT molecular complexity index is 1980. The summed E-state index contributed by atoms with van der Waals surface area (Å²) in [6.45, 7) is 0. The van der Waals surface area contributed by atoms with Crippen molar-refractivity contribution in [1.82, 2.24) is 19.1 Å². The van der Waals surface area contributed by atoms with Gasteiger partial charge in [-0.25, -0.2) is 9.97 Å². The van der Waals surface area contributed by atoms with Gasteiger partial charge < -0.3 is 5.32 Å². The lowest BCUT2D eigenvalue weighted by Gasteiger charge is -2.11. The Balaban J connectivity index is 1.29. The average Bonchev–Trinajstić information content (AvgIpc) is 3.50. The molecule has 4 aromatic heterocycles. The van der Waals surface area contributed by atoms with Crippen molar-refractivity contribution in [3.8, 4) is 11.6 Å². The molecule has 1 N–H and O–H groups in total. The third kappa shape index (κ3) is 3.41. The molecule has 0 atom stereocenters. The van der Waals surface area contributed by atoms with Crippen molar-refractivity contribution in [2.24, 2.45) is 0 Å². The highest BCUT2D eigenvalue weighted by molar-refractivity contribution is 6.11. The van der Waals surface area contributed by atoms with Gasteiger partial charge in [-0.15, -0.1) is 0 Å². The van der Waals surface area contributed by atoms with Gasteiger partial charge in [0.25, 0.3) is 0 Å². The molecule has 4 aromatic carbocycles. The fourth-order valence-electron chi connectivity index (χ4n) is 5.73. The number of fused-ring (bicyclic) bond motifs is 6. The van der Waals surface area contributed by atoms with Crippen LogP contribution in [0.5, 0.6) is 0 Å². The number of pyridine rings is 2. The van der Waals surface area contributed by atoms with Crippen LogP contribution in [0, 0.1) is 0 Å². The molecular weight excluding hydrogens is 478 g/mol. The molecule has 4 heterocycles. The maximum absolute atomic E-state index is 4.66. The second kappa shape index (κ2) is 8.57. The first-order valence-corrected chi connectivity index (χ1v) is 13.0. The standard InChI is InChI=1S/C34H23N5/c1-3-11-29-25(9-1)27-17-15-23(21-31(27)38(29)33-13-5-7-19-35-33)37-24-16-18-28-26-10-2-4-12-30(26)39(32(28)22-24)34-14-6-8-20-36-34/h1-22,37H. The van der Waals surface area contributed by atoms with Gasteiger partial charge in [-0.2, -0.15) is 0 Å². The van der Waals surface area contributed by atoms with Gasteiger partial charge in [-0.05, 0) is 60.7 Å². The molecule has 0 amide bonds. The van der Waals surface area contributed by atoms with Crippen LogP contribution in [0.1, 0.15) is 0 Å². The second-order valence-corrected chi connectivity index (χ2v) is 9.67. The van der Waals surface area contributed by atoms with Gasteiger partial charge >= 0.3 is 0 Å². The summed E-state index contributed by atoms with van der Waals surface area (Å²) in [6, 6.07) is 42.2. The molecule has 0 unspecified atom stereocenters. The molecule has 5 heteroatoms. The van der Waals surface area contributed by atoms with E-state index in [-0.39, 0.29) is 0 Å². The Labute approximate surface area is 224 Å². The first-order chi connectivity index (χ1) is 19.3. The highest BCUT2D eigenvalue weighted by Crippen LogP contribution is 2.36. The zero-order valence-corrected chi connectivity index (χ0v) is 21.0. The van der Waals surface area contributed by atoms with Crippen molar-refractivity contribution in [1.29, 1.82) is 0 Å². The minimum Gasteiger partial charge on any atom is -0.355 e. The molecule has 0 saturated carbocycles. The molecule has 0 aliphatic heterocycles. The number of rotatable bonds is 4. The van der Waals surface area contributed by atoms with Crippen LogP contribution in [0.2, 0.25) is 0 Å². The predicted octanol–water partition coefficient (Wildman–Crippen LogP) is 8.41. The molecule has 8 aromatic rings. The van der Waals surface area contributed by atoms with Crippen LogP contribution in [-0.2, 0) is 0 Å². The largest absolute Gasteiger partial charge is 0.355 e. The predicted molar refractivity (Wildman–Crippen MR) is 160 cm³/mol. The quantitative estimate of drug-likeness (QED) is 0.263. The molecular formula is C34H23N5. The SMILES string of the molecule is c1ccc(-n2c3ccccc3c3ccc(Nc4ccc5c6ccccc6n(-c6ccccn6)c5c4)cc32)nc1. The number of benzene rings is 4. The van der Waals surface area contributed by atoms with E-state index in [0.29, 0.717) is 0 Å². The topological polar surface area (TPSA) is 47.7 Å². The van der Waals surface area contributed by atoms with E-state index in [0.717, 1.165) is 45.1 Å². The highest BCUT2D eigenvalue weighted by Gasteiger charge is 2.15. The first kappa shape index (κ1) is 21.6. The number of aromatic nitrogens is 4. The summed E-state index contributed by atoms with van der Waals surface area (Å²) in [5.41, 5.74) is 6.55. The van der Waals surface area contributed by atoms with Gasteiger partial charge in [0.2, 0.25) is 0 Å². The molecule has 0 aliphatic rings. The highest BCUT2D eigenvalue weighted by atomic mass is 15.1. The van der Waals surface area contributed by atoms with E-state index >= 15 is 0 Å². The summed E-state index contributed by atoms with van der Waals surface area (Å²) in [5.74, 6) is 1.81. The molecule has 8 rings (SSSR count). The van der Waals surface area contributed by atoms with Crippen LogP contribution in [0.15, 0.2) is 134 Å². The Morgan fingerprint density at radius 1 is 0.410 bits per heavy atom. The zero-order chi connectivity index (χ0) is 25.8. The molecule has 39 heavy (non-hydrogen) atoms. The zero-order valence-electron chi connectivity index (χ0n) is 21.0. The molecule has 5 nitrogen and oxygen atoms in total. The lowest BCUT2D eigenvalue weighted by Crippen LogP contribution is -1.98. The number of hydrogen-bond donors (Lipinski definition) is 1. The van der Waals surface area contributed by atoms with E-state index in [9.17, 15) is 0 Å². The van der Waals surface area contributed by atoms with Gasteiger partial charge in [0, 0.05) is 45.3 Å². The third-order valence-electron chi connectivity index (χ3n) is 7.39. The number of anilines is 2. The van der Waals surface area contributed by atoms with Crippen LogP contribution in [0.4, 0.5) is 11.4 Å². The van der Waals surface area contributed by atoms with Crippen LogP contribution in [0.3, 0.4) is 0 Å². The van der Waals surface area contributed by atoms with E-state index < -0.39 is 0 Å². The van der Waals surface area contributed by atoms with Gasteiger partial charge in [-0.1, -0.05) is 60.7 Å². The maximum atomic E-state index is 4.66. The number of nitrogens with zero attached hydrogens (tertiary/aromatic N) is 4. The molecule has 0 spiro atoms. The van der Waals surface area contributed by atoms with Crippen molar-refractivity contribution in [3.63, 3.8) is 0 Å². The monoisotopic (exact) mass is 501 g/mol. The van der Waals surface area contributed by atoms with E-state index in [2.05, 4.69) is 121 Å². The summed E-state index contributed by atoms with van der Waals surface area (Å²) in [6.07, 6.45) is 3.68. The minimum atomic E-state index is 0.905. The molecule has 184 valence electrons. The fourth-order valence-corrected chi connectivity index (χ4v) is 5.73.